The number of nitrogens with one attached hydrogen (secondary N) is 1. The fourth-order valence-electron chi connectivity index (χ4n) is 2.39. The lowest BCUT2D eigenvalue weighted by Gasteiger charge is -2.22. The fourth-order valence-corrected chi connectivity index (χ4v) is 4.19. The molecule has 1 saturated heterocycles. The zero-order chi connectivity index (χ0) is 14.2. The average molecular weight is 359 g/mol. The van der Waals surface area contributed by atoms with E-state index in [9.17, 15) is 8.42 Å². The Kier molecular flexibility index (Phi) is 3.78. The van der Waals surface area contributed by atoms with Gasteiger partial charge in [0.05, 0.1) is 29.6 Å². The summed E-state index contributed by atoms with van der Waals surface area (Å²) in [6, 6.07) is 0.259. The van der Waals surface area contributed by atoms with Crippen molar-refractivity contribution < 1.29 is 8.42 Å². The van der Waals surface area contributed by atoms with Crippen molar-refractivity contribution in [1.29, 1.82) is 0 Å². The smallest absolute Gasteiger partial charge is 0.155 e. The first-order valence-electron chi connectivity index (χ1n) is 6.45. The third-order valence-electron chi connectivity index (χ3n) is 3.57. The molecule has 0 aliphatic carbocycles. The topological polar surface area (TPSA) is 76.4 Å². The first-order chi connectivity index (χ1) is 9.53. The van der Waals surface area contributed by atoms with Crippen molar-refractivity contribution in [2.75, 3.05) is 11.5 Å². The van der Waals surface area contributed by atoms with Gasteiger partial charge in [-0.3, -0.25) is 4.40 Å². The maximum Gasteiger partial charge on any atom is 0.155 e. The molecular weight excluding hydrogens is 344 g/mol. The lowest BCUT2D eigenvalue weighted by molar-refractivity contribution is 0.459. The molecule has 0 atom stereocenters. The molecule has 0 unspecified atom stereocenters. The van der Waals surface area contributed by atoms with Crippen LogP contribution in [-0.4, -0.2) is 40.3 Å². The van der Waals surface area contributed by atoms with Crippen molar-refractivity contribution in [1.82, 2.24) is 19.7 Å². The number of sulfone groups is 1. The van der Waals surface area contributed by atoms with E-state index in [4.69, 9.17) is 0 Å². The average Bonchev–Trinajstić information content (AvgIpc) is 2.80. The van der Waals surface area contributed by atoms with Gasteiger partial charge in [0.25, 0.3) is 0 Å². The third kappa shape index (κ3) is 3.02. The van der Waals surface area contributed by atoms with Gasteiger partial charge >= 0.3 is 0 Å². The Morgan fingerprint density at radius 2 is 2.05 bits per heavy atom. The van der Waals surface area contributed by atoms with Crippen LogP contribution in [0, 0.1) is 0 Å². The maximum absolute atomic E-state index is 11.4. The fraction of sp³-hybridized carbons (Fsp3) is 0.500. The van der Waals surface area contributed by atoms with Crippen LogP contribution in [0.5, 0.6) is 0 Å². The zero-order valence-corrected chi connectivity index (χ0v) is 13.2. The number of aromatic nitrogens is 3. The van der Waals surface area contributed by atoms with E-state index in [0.29, 0.717) is 19.4 Å². The van der Waals surface area contributed by atoms with Crippen LogP contribution in [0.15, 0.2) is 23.2 Å². The Morgan fingerprint density at radius 3 is 2.80 bits per heavy atom. The molecular formula is C12H15BrN4O2S. The highest BCUT2D eigenvalue weighted by Crippen LogP contribution is 2.14. The number of hydrogen-bond donors (Lipinski definition) is 1. The molecule has 8 heteroatoms. The highest BCUT2D eigenvalue weighted by molar-refractivity contribution is 9.10. The summed E-state index contributed by atoms with van der Waals surface area (Å²) in [7, 11) is -2.80. The summed E-state index contributed by atoms with van der Waals surface area (Å²) in [5, 5.41) is 3.41. The molecule has 1 fully saturated rings. The number of fused-ring (bicyclic) bond motifs is 1. The van der Waals surface area contributed by atoms with Crippen LogP contribution in [0.1, 0.15) is 18.5 Å². The van der Waals surface area contributed by atoms with Gasteiger partial charge < -0.3 is 5.32 Å². The van der Waals surface area contributed by atoms with Crippen LogP contribution in [-0.2, 0) is 16.4 Å². The summed E-state index contributed by atoms with van der Waals surface area (Å²) < 4.78 is 25.5. The molecule has 108 valence electrons. The summed E-state index contributed by atoms with van der Waals surface area (Å²) in [6.07, 6.45) is 6.77. The number of halogens is 1. The van der Waals surface area contributed by atoms with Gasteiger partial charge in [0.15, 0.2) is 5.65 Å². The highest BCUT2D eigenvalue weighted by Gasteiger charge is 2.23. The molecule has 0 bridgehead atoms. The predicted octanol–water partition coefficient (Wildman–Crippen LogP) is 1.16. The molecule has 3 rings (SSSR count). The largest absolute Gasteiger partial charge is 0.308 e. The molecule has 0 spiro atoms. The van der Waals surface area contributed by atoms with E-state index in [0.717, 1.165) is 15.9 Å². The molecule has 0 aromatic carbocycles. The summed E-state index contributed by atoms with van der Waals surface area (Å²) in [4.78, 5) is 8.42. The van der Waals surface area contributed by atoms with Crippen LogP contribution in [0.4, 0.5) is 0 Å². The van der Waals surface area contributed by atoms with Crippen molar-refractivity contribution >= 4 is 31.4 Å². The lowest BCUT2D eigenvalue weighted by atomic mass is 10.1. The molecule has 3 heterocycles. The van der Waals surface area contributed by atoms with Crippen molar-refractivity contribution in [3.63, 3.8) is 0 Å². The normalized spacial score (nSPS) is 19.4. The Bertz CT molecular complexity index is 714. The van der Waals surface area contributed by atoms with Gasteiger partial charge in [0.1, 0.15) is 14.4 Å². The Balaban J connectivity index is 1.67. The summed E-state index contributed by atoms with van der Waals surface area (Å²) in [5.41, 5.74) is 1.84. The minimum absolute atomic E-state index is 0.259. The molecule has 1 N–H and O–H groups in total. The Labute approximate surface area is 125 Å². The van der Waals surface area contributed by atoms with Crippen LogP contribution in [0.2, 0.25) is 0 Å². The zero-order valence-electron chi connectivity index (χ0n) is 10.8. The molecule has 6 nitrogen and oxygen atoms in total. The maximum atomic E-state index is 11.4. The van der Waals surface area contributed by atoms with Gasteiger partial charge in [-0.15, -0.1) is 0 Å². The second kappa shape index (κ2) is 5.42. The molecule has 20 heavy (non-hydrogen) atoms. The van der Waals surface area contributed by atoms with E-state index < -0.39 is 9.84 Å². The first-order valence-corrected chi connectivity index (χ1v) is 9.06. The van der Waals surface area contributed by atoms with Gasteiger partial charge in [-0.25, -0.2) is 18.4 Å². The van der Waals surface area contributed by atoms with Crippen LogP contribution in [0.25, 0.3) is 5.65 Å². The van der Waals surface area contributed by atoms with Crippen molar-refractivity contribution in [2.24, 2.45) is 0 Å². The number of rotatable bonds is 3. The van der Waals surface area contributed by atoms with E-state index in [1.165, 1.54) is 0 Å². The van der Waals surface area contributed by atoms with Crippen LogP contribution >= 0.6 is 15.9 Å². The van der Waals surface area contributed by atoms with Crippen molar-refractivity contribution in [3.8, 4) is 0 Å². The Morgan fingerprint density at radius 1 is 1.30 bits per heavy atom. The van der Waals surface area contributed by atoms with Crippen molar-refractivity contribution in [3.05, 3.63) is 28.9 Å². The predicted molar refractivity (Wildman–Crippen MR) is 79.2 cm³/mol. The lowest BCUT2D eigenvalue weighted by Crippen LogP contribution is -2.37. The minimum Gasteiger partial charge on any atom is -0.308 e. The van der Waals surface area contributed by atoms with E-state index >= 15 is 0 Å². The second-order valence-electron chi connectivity index (χ2n) is 4.99. The van der Waals surface area contributed by atoms with Gasteiger partial charge in [-0.1, -0.05) is 0 Å². The minimum atomic E-state index is -2.80. The molecule has 0 radical (unpaired) electrons. The standard InChI is InChI=1S/C12H15BrN4O2S/c13-11-8-17-10(6-16-12(17)7-15-11)5-14-9-1-3-20(18,19)4-2-9/h6-9,14H,1-5H2. The second-order valence-corrected chi connectivity index (χ2v) is 8.11. The molecule has 2 aromatic rings. The SMILES string of the molecule is O=S1(=O)CCC(NCc2cnc3cnc(Br)cn23)CC1. The van der Waals surface area contributed by atoms with Gasteiger partial charge in [-0.05, 0) is 28.8 Å². The summed E-state index contributed by atoms with van der Waals surface area (Å²) in [5.74, 6) is 0.570. The van der Waals surface area contributed by atoms with E-state index in [1.807, 2.05) is 16.8 Å². The van der Waals surface area contributed by atoms with Crippen molar-refractivity contribution in [2.45, 2.75) is 25.4 Å². The van der Waals surface area contributed by atoms with Crippen LogP contribution < -0.4 is 5.32 Å². The molecule has 1 aliphatic heterocycles. The molecule has 2 aromatic heterocycles. The van der Waals surface area contributed by atoms with Gasteiger partial charge in [0, 0.05) is 18.8 Å². The number of hydrogen-bond acceptors (Lipinski definition) is 5. The Hall–Kier alpha value is -0.990. The van der Waals surface area contributed by atoms with E-state index in [-0.39, 0.29) is 17.5 Å². The first kappa shape index (κ1) is 14.0. The summed E-state index contributed by atoms with van der Waals surface area (Å²) >= 11 is 3.34. The van der Waals surface area contributed by atoms with Crippen LogP contribution in [0.3, 0.4) is 0 Å². The molecule has 0 saturated carbocycles. The molecule has 0 amide bonds. The highest BCUT2D eigenvalue weighted by atomic mass is 79.9. The third-order valence-corrected chi connectivity index (χ3v) is 5.69. The van der Waals surface area contributed by atoms with Gasteiger partial charge in [-0.2, -0.15) is 0 Å². The quantitative estimate of drug-likeness (QED) is 0.890. The monoisotopic (exact) mass is 358 g/mol. The molecule has 1 aliphatic rings. The van der Waals surface area contributed by atoms with E-state index in [1.54, 1.807) is 6.20 Å². The number of nitrogens with zero attached hydrogens (tertiary/aromatic N) is 3. The van der Waals surface area contributed by atoms with Gasteiger partial charge in [0.2, 0.25) is 0 Å². The van der Waals surface area contributed by atoms with E-state index in [2.05, 4.69) is 31.2 Å². The number of imidazole rings is 1. The summed E-state index contributed by atoms with van der Waals surface area (Å²) in [6.45, 7) is 0.669.